The first-order chi connectivity index (χ1) is 12.1. The van der Waals surface area contributed by atoms with Gasteiger partial charge in [-0.05, 0) is 55.3 Å². The number of carbonyl (C=O) groups is 2. The molecule has 0 atom stereocenters. The minimum absolute atomic E-state index is 0. The highest BCUT2D eigenvalue weighted by Crippen LogP contribution is 2.14. The van der Waals surface area contributed by atoms with Crippen LogP contribution in [0.2, 0.25) is 0 Å². The predicted molar refractivity (Wildman–Crippen MR) is 106 cm³/mol. The molecule has 2 aromatic carbocycles. The van der Waals surface area contributed by atoms with E-state index in [1.807, 2.05) is 31.2 Å². The van der Waals surface area contributed by atoms with E-state index in [2.05, 4.69) is 5.32 Å². The lowest BCUT2D eigenvalue weighted by atomic mass is 10.1. The molecule has 140 valence electrons. The quantitative estimate of drug-likeness (QED) is 0.519. The molecular weight excluding hydrogens is 352 g/mol. The van der Waals surface area contributed by atoms with Crippen molar-refractivity contribution in [1.29, 1.82) is 0 Å². The Morgan fingerprint density at radius 3 is 2.27 bits per heavy atom. The smallest absolute Gasteiger partial charge is 0.220 e. The van der Waals surface area contributed by atoms with Gasteiger partial charge in [-0.3, -0.25) is 9.59 Å². The zero-order valence-electron chi connectivity index (χ0n) is 14.9. The van der Waals surface area contributed by atoms with Gasteiger partial charge in [0.15, 0.2) is 5.78 Å². The van der Waals surface area contributed by atoms with Gasteiger partial charge in [-0.2, -0.15) is 0 Å². The lowest BCUT2D eigenvalue weighted by molar-refractivity contribution is -0.121. The molecule has 0 spiro atoms. The van der Waals surface area contributed by atoms with Gasteiger partial charge in [0.25, 0.3) is 0 Å². The van der Waals surface area contributed by atoms with Gasteiger partial charge < -0.3 is 15.8 Å². The summed E-state index contributed by atoms with van der Waals surface area (Å²) in [6, 6.07) is 14.6. The molecule has 0 fully saturated rings. The molecule has 0 aliphatic heterocycles. The number of amides is 1. The molecule has 0 bridgehead atoms. The number of Topliss-reactive ketones (excluding diaryl/α,β-unsaturated/α-hetero) is 1. The molecule has 0 saturated heterocycles. The topological polar surface area (TPSA) is 81.4 Å². The van der Waals surface area contributed by atoms with E-state index in [1.54, 1.807) is 24.3 Å². The van der Waals surface area contributed by atoms with Crippen molar-refractivity contribution in [2.45, 2.75) is 26.2 Å². The van der Waals surface area contributed by atoms with E-state index in [1.165, 1.54) is 0 Å². The van der Waals surface area contributed by atoms with E-state index in [0.717, 1.165) is 23.4 Å². The first-order valence-electron chi connectivity index (χ1n) is 8.45. The fourth-order valence-corrected chi connectivity index (χ4v) is 2.39. The maximum Gasteiger partial charge on any atom is 0.220 e. The van der Waals surface area contributed by atoms with Crippen LogP contribution in [0.3, 0.4) is 0 Å². The van der Waals surface area contributed by atoms with Crippen molar-refractivity contribution in [3.63, 3.8) is 0 Å². The Hall–Kier alpha value is -2.53. The molecule has 3 N–H and O–H groups in total. The zero-order chi connectivity index (χ0) is 18.1. The third kappa shape index (κ3) is 7.15. The molecule has 2 rings (SSSR count). The third-order valence-electron chi connectivity index (χ3n) is 3.78. The second-order valence-corrected chi connectivity index (χ2v) is 5.72. The summed E-state index contributed by atoms with van der Waals surface area (Å²) >= 11 is 0. The van der Waals surface area contributed by atoms with Crippen LogP contribution in [0.1, 0.15) is 35.7 Å². The molecule has 0 heterocycles. The maximum absolute atomic E-state index is 12.1. The first kappa shape index (κ1) is 21.5. The van der Waals surface area contributed by atoms with Crippen LogP contribution in [0.15, 0.2) is 48.5 Å². The van der Waals surface area contributed by atoms with Crippen molar-refractivity contribution in [2.24, 2.45) is 0 Å². The highest BCUT2D eigenvalue weighted by Gasteiger charge is 2.09. The second kappa shape index (κ2) is 11.2. The Kier molecular flexibility index (Phi) is 9.23. The molecule has 6 heteroatoms. The number of benzene rings is 2. The number of carbonyl (C=O) groups excluding carboxylic acids is 2. The minimum atomic E-state index is -0.116. The van der Waals surface area contributed by atoms with Crippen LogP contribution < -0.4 is 15.8 Å². The summed E-state index contributed by atoms with van der Waals surface area (Å²) in [5.74, 6) is 0.575. The molecular formula is C20H25ClN2O3. The molecule has 1 amide bonds. The largest absolute Gasteiger partial charge is 0.494 e. The maximum atomic E-state index is 12.1. The van der Waals surface area contributed by atoms with Crippen molar-refractivity contribution in [3.8, 4) is 5.75 Å². The molecule has 2 aromatic rings. The van der Waals surface area contributed by atoms with Crippen molar-refractivity contribution in [1.82, 2.24) is 5.32 Å². The van der Waals surface area contributed by atoms with E-state index in [4.69, 9.17) is 10.5 Å². The Morgan fingerprint density at radius 2 is 1.65 bits per heavy atom. The van der Waals surface area contributed by atoms with Gasteiger partial charge in [0, 0.05) is 30.6 Å². The highest BCUT2D eigenvalue weighted by atomic mass is 35.5. The number of nitrogens with one attached hydrogen (secondary N) is 1. The van der Waals surface area contributed by atoms with Gasteiger partial charge in [0.2, 0.25) is 5.91 Å². The number of halogens is 1. The molecule has 0 radical (unpaired) electrons. The predicted octanol–water partition coefficient (Wildman–Crippen LogP) is 3.41. The van der Waals surface area contributed by atoms with E-state index in [-0.39, 0.29) is 36.9 Å². The number of anilines is 1. The number of ether oxygens (including phenoxy) is 1. The Balaban J connectivity index is 0.00000338. The van der Waals surface area contributed by atoms with E-state index >= 15 is 0 Å². The van der Waals surface area contributed by atoms with Crippen LogP contribution in [0.25, 0.3) is 0 Å². The highest BCUT2D eigenvalue weighted by molar-refractivity contribution is 5.98. The van der Waals surface area contributed by atoms with Gasteiger partial charge in [-0.25, -0.2) is 0 Å². The first-order valence-corrected chi connectivity index (χ1v) is 8.45. The van der Waals surface area contributed by atoms with Crippen molar-refractivity contribution in [3.05, 3.63) is 59.7 Å². The van der Waals surface area contributed by atoms with Crippen molar-refractivity contribution < 1.29 is 14.3 Å². The van der Waals surface area contributed by atoms with E-state index in [0.29, 0.717) is 18.7 Å². The molecule has 0 aliphatic carbocycles. The van der Waals surface area contributed by atoms with Gasteiger partial charge in [0.05, 0.1) is 6.61 Å². The fourth-order valence-electron chi connectivity index (χ4n) is 2.39. The number of hydrogen-bond donors (Lipinski definition) is 2. The summed E-state index contributed by atoms with van der Waals surface area (Å²) in [5, 5.41) is 2.84. The molecule has 0 aliphatic rings. The van der Waals surface area contributed by atoms with Crippen LogP contribution in [0.4, 0.5) is 5.69 Å². The molecule has 5 nitrogen and oxygen atoms in total. The standard InChI is InChI=1S/C20H24N2O3.ClH/c1-2-25-18-9-5-16(6-10-18)19(23)11-12-20(24)22-14-13-15-3-7-17(21)8-4-15;/h3-10H,2,11-14,21H2,1H3,(H,22,24);1H. The van der Waals surface area contributed by atoms with Crippen LogP contribution in [-0.4, -0.2) is 24.8 Å². The summed E-state index contributed by atoms with van der Waals surface area (Å²) in [6.07, 6.45) is 1.12. The van der Waals surface area contributed by atoms with Gasteiger partial charge in [0.1, 0.15) is 5.75 Å². The summed E-state index contributed by atoms with van der Waals surface area (Å²) in [6.45, 7) is 3.04. The van der Waals surface area contributed by atoms with Gasteiger partial charge in [-0.15, -0.1) is 12.4 Å². The number of rotatable bonds is 9. The second-order valence-electron chi connectivity index (χ2n) is 5.72. The molecule has 0 aromatic heterocycles. The van der Waals surface area contributed by atoms with Crippen molar-refractivity contribution in [2.75, 3.05) is 18.9 Å². The lowest BCUT2D eigenvalue weighted by Crippen LogP contribution is -2.26. The summed E-state index contributed by atoms with van der Waals surface area (Å²) in [5.41, 5.74) is 8.06. The average Bonchev–Trinajstić information content (AvgIpc) is 2.62. The van der Waals surface area contributed by atoms with Crippen molar-refractivity contribution >= 4 is 29.8 Å². The monoisotopic (exact) mass is 376 g/mol. The normalized spacial score (nSPS) is 9.88. The summed E-state index contributed by atoms with van der Waals surface area (Å²) < 4.78 is 5.34. The molecule has 0 unspecified atom stereocenters. The van der Waals surface area contributed by atoms with Crippen LogP contribution in [-0.2, 0) is 11.2 Å². The lowest BCUT2D eigenvalue weighted by Gasteiger charge is -2.06. The van der Waals surface area contributed by atoms with Crippen LogP contribution in [0.5, 0.6) is 5.75 Å². The SMILES string of the molecule is CCOc1ccc(C(=O)CCC(=O)NCCc2ccc(N)cc2)cc1.Cl. The third-order valence-corrected chi connectivity index (χ3v) is 3.78. The number of hydrogen-bond acceptors (Lipinski definition) is 4. The average molecular weight is 377 g/mol. The number of ketones is 1. The summed E-state index contributed by atoms with van der Waals surface area (Å²) in [4.78, 5) is 24.0. The zero-order valence-corrected chi connectivity index (χ0v) is 15.7. The Labute approximate surface area is 160 Å². The van der Waals surface area contributed by atoms with E-state index in [9.17, 15) is 9.59 Å². The molecule has 26 heavy (non-hydrogen) atoms. The van der Waals surface area contributed by atoms with E-state index < -0.39 is 0 Å². The van der Waals surface area contributed by atoms with Crippen LogP contribution in [0, 0.1) is 0 Å². The molecule has 0 saturated carbocycles. The Morgan fingerprint density at radius 1 is 1.00 bits per heavy atom. The van der Waals surface area contributed by atoms with Gasteiger partial charge in [-0.1, -0.05) is 12.1 Å². The number of nitrogens with two attached hydrogens (primary N) is 1. The van der Waals surface area contributed by atoms with Crippen LogP contribution >= 0.6 is 12.4 Å². The summed E-state index contributed by atoms with van der Waals surface area (Å²) in [7, 11) is 0. The van der Waals surface area contributed by atoms with Gasteiger partial charge >= 0.3 is 0 Å². The Bertz CT molecular complexity index is 700. The number of nitrogen functional groups attached to an aromatic ring is 1. The minimum Gasteiger partial charge on any atom is -0.494 e. The fraction of sp³-hybridized carbons (Fsp3) is 0.300.